The third-order valence-electron chi connectivity index (χ3n) is 4.86. The van der Waals surface area contributed by atoms with Crippen LogP contribution in [0, 0.1) is 6.92 Å². The Morgan fingerprint density at radius 1 is 1.07 bits per heavy atom. The number of nitrogens with zero attached hydrogens (tertiary/aromatic N) is 1. The summed E-state index contributed by atoms with van der Waals surface area (Å²) in [5.74, 6) is 0.786. The summed E-state index contributed by atoms with van der Waals surface area (Å²) in [6.45, 7) is 9.14. The van der Waals surface area contributed by atoms with Crippen molar-refractivity contribution in [3.8, 4) is 5.75 Å². The molecule has 0 saturated carbocycles. The first-order valence-electron chi connectivity index (χ1n) is 10.2. The van der Waals surface area contributed by atoms with E-state index in [0.29, 0.717) is 19.8 Å². The molecule has 1 amide bonds. The summed E-state index contributed by atoms with van der Waals surface area (Å²) in [4.78, 5) is 14.5. The Hall–Kier alpha value is -2.53. The minimum Gasteiger partial charge on any atom is -0.491 e. The number of aryl methyl sites for hydroxylation is 1. The highest BCUT2D eigenvalue weighted by molar-refractivity contribution is 5.69. The number of amides is 1. The van der Waals surface area contributed by atoms with Crippen molar-refractivity contribution in [3.05, 3.63) is 65.7 Å². The molecular formula is C24H31NO4. The minimum atomic E-state index is -0.539. The second kappa shape index (κ2) is 9.31. The summed E-state index contributed by atoms with van der Waals surface area (Å²) in [7, 11) is 0. The van der Waals surface area contributed by atoms with Gasteiger partial charge in [0.25, 0.3) is 0 Å². The number of rotatable bonds is 6. The quantitative estimate of drug-likeness (QED) is 0.691. The second-order valence-corrected chi connectivity index (χ2v) is 8.49. The lowest BCUT2D eigenvalue weighted by Crippen LogP contribution is -2.46. The molecule has 0 spiro atoms. The molecular weight excluding hydrogens is 366 g/mol. The number of hydrogen-bond acceptors (Lipinski definition) is 4. The summed E-state index contributed by atoms with van der Waals surface area (Å²) < 4.78 is 17.8. The average Bonchev–Trinajstić information content (AvgIpc) is 3.08. The predicted molar refractivity (Wildman–Crippen MR) is 113 cm³/mol. The van der Waals surface area contributed by atoms with Gasteiger partial charge in [0.2, 0.25) is 0 Å². The Balaban J connectivity index is 1.68. The van der Waals surface area contributed by atoms with E-state index in [1.807, 2.05) is 82.3 Å². The number of hydrogen-bond donors (Lipinski definition) is 0. The fraction of sp³-hybridized carbons (Fsp3) is 0.458. The summed E-state index contributed by atoms with van der Waals surface area (Å²) in [5.41, 5.74) is 1.75. The highest BCUT2D eigenvalue weighted by Crippen LogP contribution is 2.26. The van der Waals surface area contributed by atoms with E-state index in [0.717, 1.165) is 17.7 Å². The van der Waals surface area contributed by atoms with Crippen LogP contribution in [-0.4, -0.2) is 41.9 Å². The Morgan fingerprint density at radius 3 is 2.41 bits per heavy atom. The lowest BCUT2D eigenvalue weighted by molar-refractivity contribution is -0.0146. The SMILES string of the molecule is Cc1ccc(OCC2C(OCc3ccccc3)CCN2C(=O)OC(C)(C)C)cc1. The molecule has 0 N–H and O–H groups in total. The topological polar surface area (TPSA) is 48.0 Å². The smallest absolute Gasteiger partial charge is 0.410 e. The van der Waals surface area contributed by atoms with Gasteiger partial charge in [-0.05, 0) is 51.8 Å². The van der Waals surface area contributed by atoms with Gasteiger partial charge < -0.3 is 14.2 Å². The molecule has 1 saturated heterocycles. The molecule has 0 aliphatic carbocycles. The van der Waals surface area contributed by atoms with E-state index in [1.54, 1.807) is 4.90 Å². The standard InChI is InChI=1S/C24H31NO4/c1-18-10-12-20(13-11-18)27-17-21-22(28-16-19-8-6-5-7-9-19)14-15-25(21)23(26)29-24(2,3)4/h5-13,21-22H,14-17H2,1-4H3. The van der Waals surface area contributed by atoms with Crippen molar-refractivity contribution in [1.82, 2.24) is 4.90 Å². The fourth-order valence-electron chi connectivity index (χ4n) is 3.36. The van der Waals surface area contributed by atoms with E-state index in [2.05, 4.69) is 0 Å². The monoisotopic (exact) mass is 397 g/mol. The fourth-order valence-corrected chi connectivity index (χ4v) is 3.36. The summed E-state index contributed by atoms with van der Waals surface area (Å²) in [6.07, 6.45) is 0.336. The number of carbonyl (C=O) groups excluding carboxylic acids is 1. The maximum Gasteiger partial charge on any atom is 0.410 e. The number of carbonyl (C=O) groups is 1. The van der Waals surface area contributed by atoms with E-state index in [-0.39, 0.29) is 18.2 Å². The van der Waals surface area contributed by atoms with Gasteiger partial charge in [-0.15, -0.1) is 0 Å². The first kappa shape index (κ1) is 21.2. The van der Waals surface area contributed by atoms with Gasteiger partial charge in [0.1, 0.15) is 18.0 Å². The first-order chi connectivity index (χ1) is 13.8. The van der Waals surface area contributed by atoms with Gasteiger partial charge in [-0.3, -0.25) is 4.90 Å². The molecule has 5 heteroatoms. The molecule has 2 aromatic rings. The molecule has 2 aromatic carbocycles. The maximum absolute atomic E-state index is 12.7. The van der Waals surface area contributed by atoms with Gasteiger partial charge in [0.15, 0.2) is 0 Å². The zero-order valence-corrected chi connectivity index (χ0v) is 17.8. The lowest BCUT2D eigenvalue weighted by Gasteiger charge is -2.30. The van der Waals surface area contributed by atoms with E-state index in [4.69, 9.17) is 14.2 Å². The molecule has 29 heavy (non-hydrogen) atoms. The van der Waals surface area contributed by atoms with Crippen molar-refractivity contribution in [1.29, 1.82) is 0 Å². The third-order valence-corrected chi connectivity index (χ3v) is 4.86. The molecule has 1 aliphatic heterocycles. The molecule has 3 rings (SSSR count). The summed E-state index contributed by atoms with van der Waals surface area (Å²) in [5, 5.41) is 0. The average molecular weight is 398 g/mol. The maximum atomic E-state index is 12.7. The van der Waals surface area contributed by atoms with Crippen molar-refractivity contribution in [2.45, 2.75) is 58.5 Å². The molecule has 0 bridgehead atoms. The number of likely N-dealkylation sites (tertiary alicyclic amines) is 1. The molecule has 1 fully saturated rings. The number of benzene rings is 2. The Kier molecular flexibility index (Phi) is 6.80. The largest absolute Gasteiger partial charge is 0.491 e. The van der Waals surface area contributed by atoms with Crippen molar-refractivity contribution in [2.24, 2.45) is 0 Å². The van der Waals surface area contributed by atoms with E-state index in [9.17, 15) is 4.79 Å². The van der Waals surface area contributed by atoms with E-state index >= 15 is 0 Å². The molecule has 1 heterocycles. The highest BCUT2D eigenvalue weighted by atomic mass is 16.6. The predicted octanol–water partition coefficient (Wildman–Crippen LogP) is 4.97. The molecule has 156 valence electrons. The van der Waals surface area contributed by atoms with Crippen LogP contribution >= 0.6 is 0 Å². The lowest BCUT2D eigenvalue weighted by atomic mass is 10.1. The Morgan fingerprint density at radius 2 is 1.76 bits per heavy atom. The zero-order chi connectivity index (χ0) is 20.9. The summed E-state index contributed by atoms with van der Waals surface area (Å²) in [6, 6.07) is 17.8. The number of ether oxygens (including phenoxy) is 3. The van der Waals surface area contributed by atoms with Gasteiger partial charge in [-0.25, -0.2) is 4.79 Å². The van der Waals surface area contributed by atoms with Crippen LogP contribution in [-0.2, 0) is 16.1 Å². The van der Waals surface area contributed by atoms with Crippen molar-refractivity contribution in [3.63, 3.8) is 0 Å². The molecule has 1 aliphatic rings. The van der Waals surface area contributed by atoms with Crippen molar-refractivity contribution < 1.29 is 19.0 Å². The highest BCUT2D eigenvalue weighted by Gasteiger charge is 2.40. The Bertz CT molecular complexity index is 783. The van der Waals surface area contributed by atoms with Gasteiger partial charge in [0, 0.05) is 6.54 Å². The van der Waals surface area contributed by atoms with Crippen LogP contribution in [0.1, 0.15) is 38.3 Å². The second-order valence-electron chi connectivity index (χ2n) is 8.49. The molecule has 0 aromatic heterocycles. The summed E-state index contributed by atoms with van der Waals surface area (Å²) >= 11 is 0. The first-order valence-corrected chi connectivity index (χ1v) is 10.2. The van der Waals surface area contributed by atoms with Gasteiger partial charge in [0.05, 0.1) is 18.8 Å². The van der Waals surface area contributed by atoms with Crippen LogP contribution < -0.4 is 4.74 Å². The van der Waals surface area contributed by atoms with Crippen LogP contribution in [0.3, 0.4) is 0 Å². The molecule has 2 atom stereocenters. The van der Waals surface area contributed by atoms with Crippen molar-refractivity contribution >= 4 is 6.09 Å². The van der Waals surface area contributed by atoms with Gasteiger partial charge in [-0.2, -0.15) is 0 Å². The minimum absolute atomic E-state index is 0.104. The Labute approximate surface area is 173 Å². The molecule has 5 nitrogen and oxygen atoms in total. The normalized spacial score (nSPS) is 19.2. The van der Waals surface area contributed by atoms with Crippen LogP contribution in [0.4, 0.5) is 4.79 Å². The molecule has 0 radical (unpaired) electrons. The van der Waals surface area contributed by atoms with Crippen LogP contribution in [0.25, 0.3) is 0 Å². The van der Waals surface area contributed by atoms with Crippen LogP contribution in [0.5, 0.6) is 5.75 Å². The van der Waals surface area contributed by atoms with E-state index in [1.165, 1.54) is 5.56 Å². The van der Waals surface area contributed by atoms with Gasteiger partial charge >= 0.3 is 6.09 Å². The molecule has 2 unspecified atom stereocenters. The van der Waals surface area contributed by atoms with Crippen LogP contribution in [0.15, 0.2) is 54.6 Å². The zero-order valence-electron chi connectivity index (χ0n) is 17.8. The van der Waals surface area contributed by atoms with Crippen molar-refractivity contribution in [2.75, 3.05) is 13.2 Å². The van der Waals surface area contributed by atoms with Crippen LogP contribution in [0.2, 0.25) is 0 Å². The van der Waals surface area contributed by atoms with Gasteiger partial charge in [-0.1, -0.05) is 48.0 Å². The third kappa shape index (κ3) is 6.23. The van der Waals surface area contributed by atoms with E-state index < -0.39 is 5.60 Å².